The zero-order valence-electron chi connectivity index (χ0n) is 15.9. The number of ether oxygens (including phenoxy) is 1. The molecule has 2 N–H and O–H groups in total. The minimum Gasteiger partial charge on any atom is -0.372 e. The van der Waals surface area contributed by atoms with E-state index in [2.05, 4.69) is 15.8 Å². The van der Waals surface area contributed by atoms with Crippen LogP contribution in [0.25, 0.3) is 0 Å². The predicted molar refractivity (Wildman–Crippen MR) is 114 cm³/mol. The second-order valence-electron chi connectivity index (χ2n) is 7.11. The number of hydrazone groups is 1. The van der Waals surface area contributed by atoms with E-state index in [0.717, 1.165) is 0 Å². The van der Waals surface area contributed by atoms with Gasteiger partial charge in [0.25, 0.3) is 5.56 Å². The van der Waals surface area contributed by atoms with E-state index in [4.69, 9.17) is 16.3 Å². The molecular weight excluding hydrogens is 434 g/mol. The fourth-order valence-corrected chi connectivity index (χ4v) is 3.75. The molecule has 160 valence electrons. The number of rotatable bonds is 4. The number of hydrogen-bond donors (Lipinski definition) is 2. The summed E-state index contributed by atoms with van der Waals surface area (Å²) in [5.41, 5.74) is 4.23. The fraction of sp³-hybridized carbons (Fsp3) is 0.350. The Bertz CT molecular complexity index is 1030. The summed E-state index contributed by atoms with van der Waals surface area (Å²) in [6, 6.07) is 7.77. The van der Waals surface area contributed by atoms with Crippen molar-refractivity contribution in [2.45, 2.75) is 19.1 Å². The lowest BCUT2D eigenvalue weighted by Gasteiger charge is -2.26. The van der Waals surface area contributed by atoms with Gasteiger partial charge in [0.15, 0.2) is 0 Å². The second-order valence-corrected chi connectivity index (χ2v) is 7.51. The molecule has 0 unspecified atom stereocenters. The molecule has 1 aromatic heterocycles. The maximum atomic E-state index is 14.0. The van der Waals surface area contributed by atoms with Crippen LogP contribution in [-0.2, 0) is 16.1 Å². The zero-order valence-corrected chi connectivity index (χ0v) is 17.5. The van der Waals surface area contributed by atoms with E-state index < -0.39 is 5.82 Å². The van der Waals surface area contributed by atoms with Gasteiger partial charge in [-0.25, -0.2) is 9.82 Å². The Morgan fingerprint density at radius 3 is 2.83 bits per heavy atom. The van der Waals surface area contributed by atoms with E-state index in [9.17, 15) is 14.0 Å². The third-order valence-corrected chi connectivity index (χ3v) is 5.38. The lowest BCUT2D eigenvalue weighted by molar-refractivity contribution is -0.119. The molecule has 1 amide bonds. The minimum absolute atomic E-state index is 0. The Labute approximate surface area is 183 Å². The molecule has 0 radical (unpaired) electrons. The standard InChI is InChI=1S/C20H20ClFN4O3.ClH/c21-15-3-1-12(7-16(15)22)20-14(9-23-5-6-29-20)11-26-10-13(2-4-19(26)28)17-8-18(27)25-24-17;/h1-4,7,10,14,20,23H,5-6,8-9,11H2,(H,25,27);1H/t14-,20-;/m0./s1. The van der Waals surface area contributed by atoms with Gasteiger partial charge in [0.1, 0.15) is 5.82 Å². The molecular formula is C20H21Cl2FN4O3. The molecule has 0 spiro atoms. The lowest BCUT2D eigenvalue weighted by Crippen LogP contribution is -2.32. The Balaban J connectivity index is 0.00000256. The van der Waals surface area contributed by atoms with Crippen LogP contribution in [0.3, 0.4) is 0 Å². The van der Waals surface area contributed by atoms with Crippen LogP contribution in [0.5, 0.6) is 0 Å². The molecule has 0 aliphatic carbocycles. The molecule has 1 fully saturated rings. The fourth-order valence-electron chi connectivity index (χ4n) is 3.63. The van der Waals surface area contributed by atoms with E-state index >= 15 is 0 Å². The molecule has 2 aromatic rings. The summed E-state index contributed by atoms with van der Waals surface area (Å²) in [6.45, 7) is 2.11. The SMILES string of the molecule is Cl.O=C1CC(c2ccc(=O)n(C[C@@H]3CNCCO[C@H]3c3ccc(Cl)c(F)c3)c2)=NN1. The van der Waals surface area contributed by atoms with Crippen molar-refractivity contribution in [1.82, 2.24) is 15.3 Å². The molecule has 10 heteroatoms. The predicted octanol–water partition coefficient (Wildman–Crippen LogP) is 2.26. The number of aromatic nitrogens is 1. The highest BCUT2D eigenvalue weighted by Crippen LogP contribution is 2.30. The number of pyridine rings is 1. The first-order valence-electron chi connectivity index (χ1n) is 9.35. The average Bonchev–Trinajstić information content (AvgIpc) is 3.01. The number of hydrogen-bond acceptors (Lipinski definition) is 5. The van der Waals surface area contributed by atoms with Crippen LogP contribution in [0.15, 0.2) is 46.4 Å². The van der Waals surface area contributed by atoms with Gasteiger partial charge in [-0.3, -0.25) is 9.59 Å². The third kappa shape index (κ3) is 4.89. The van der Waals surface area contributed by atoms with Gasteiger partial charge in [-0.1, -0.05) is 17.7 Å². The van der Waals surface area contributed by atoms with Gasteiger partial charge in [0, 0.05) is 43.4 Å². The Morgan fingerprint density at radius 2 is 2.10 bits per heavy atom. The molecule has 30 heavy (non-hydrogen) atoms. The largest absolute Gasteiger partial charge is 0.372 e. The summed E-state index contributed by atoms with van der Waals surface area (Å²) in [5.74, 6) is -0.792. The monoisotopic (exact) mass is 454 g/mol. The van der Waals surface area contributed by atoms with Gasteiger partial charge < -0.3 is 14.6 Å². The molecule has 1 aromatic carbocycles. The van der Waals surface area contributed by atoms with Gasteiger partial charge in [0.2, 0.25) is 5.91 Å². The molecule has 7 nitrogen and oxygen atoms in total. The van der Waals surface area contributed by atoms with Crippen molar-refractivity contribution in [1.29, 1.82) is 0 Å². The van der Waals surface area contributed by atoms with E-state index in [1.54, 1.807) is 22.9 Å². The third-order valence-electron chi connectivity index (χ3n) is 5.07. The Kier molecular flexibility index (Phi) is 7.25. The van der Waals surface area contributed by atoms with Crippen molar-refractivity contribution >= 4 is 35.6 Å². The highest BCUT2D eigenvalue weighted by Gasteiger charge is 2.28. The Hall–Kier alpha value is -2.26. The van der Waals surface area contributed by atoms with Crippen LogP contribution in [-0.4, -0.2) is 35.9 Å². The average molecular weight is 455 g/mol. The summed E-state index contributed by atoms with van der Waals surface area (Å²) in [7, 11) is 0. The summed E-state index contributed by atoms with van der Waals surface area (Å²) in [5, 5.41) is 7.37. The van der Waals surface area contributed by atoms with Crippen molar-refractivity contribution < 1.29 is 13.9 Å². The quantitative estimate of drug-likeness (QED) is 0.741. The number of benzene rings is 1. The molecule has 2 atom stereocenters. The van der Waals surface area contributed by atoms with E-state index in [1.165, 1.54) is 18.2 Å². The number of nitrogens with one attached hydrogen (secondary N) is 2. The normalized spacial score (nSPS) is 21.4. The first-order valence-corrected chi connectivity index (χ1v) is 9.72. The summed E-state index contributed by atoms with van der Waals surface area (Å²) < 4.78 is 21.6. The summed E-state index contributed by atoms with van der Waals surface area (Å²) >= 11 is 5.81. The summed E-state index contributed by atoms with van der Waals surface area (Å²) in [6.07, 6.45) is 1.49. The number of carbonyl (C=O) groups excluding carboxylic acids is 1. The highest BCUT2D eigenvalue weighted by atomic mass is 35.5. The minimum atomic E-state index is -0.501. The van der Waals surface area contributed by atoms with Crippen molar-refractivity contribution in [2.75, 3.05) is 19.7 Å². The van der Waals surface area contributed by atoms with Crippen LogP contribution in [0, 0.1) is 11.7 Å². The maximum Gasteiger partial charge on any atom is 0.250 e. The van der Waals surface area contributed by atoms with Crippen molar-refractivity contribution in [3.05, 3.63) is 68.8 Å². The number of nitrogens with zero attached hydrogens (tertiary/aromatic N) is 2. The Morgan fingerprint density at radius 1 is 1.27 bits per heavy atom. The first kappa shape index (κ1) is 22.4. The topological polar surface area (TPSA) is 84.7 Å². The molecule has 2 aliphatic heterocycles. The van der Waals surface area contributed by atoms with E-state index in [0.29, 0.717) is 43.1 Å². The van der Waals surface area contributed by atoms with Gasteiger partial charge in [-0.2, -0.15) is 5.10 Å². The zero-order chi connectivity index (χ0) is 20.4. The van der Waals surface area contributed by atoms with Crippen LogP contribution in [0.1, 0.15) is 23.7 Å². The maximum absolute atomic E-state index is 14.0. The summed E-state index contributed by atoms with van der Waals surface area (Å²) in [4.78, 5) is 23.9. The van der Waals surface area contributed by atoms with E-state index in [-0.39, 0.29) is 47.3 Å². The number of carbonyl (C=O) groups is 1. The van der Waals surface area contributed by atoms with Gasteiger partial charge in [-0.05, 0) is 23.8 Å². The number of halogens is 3. The second kappa shape index (κ2) is 9.70. The molecule has 1 saturated heterocycles. The molecule has 2 aliphatic rings. The van der Waals surface area contributed by atoms with Crippen LogP contribution < -0.4 is 16.3 Å². The highest BCUT2D eigenvalue weighted by molar-refractivity contribution is 6.30. The molecule has 0 bridgehead atoms. The number of amides is 1. The first-order chi connectivity index (χ1) is 14.0. The van der Waals surface area contributed by atoms with Crippen molar-refractivity contribution in [3.63, 3.8) is 0 Å². The molecule has 4 rings (SSSR count). The van der Waals surface area contributed by atoms with E-state index in [1.807, 2.05) is 0 Å². The van der Waals surface area contributed by atoms with Gasteiger partial charge in [-0.15, -0.1) is 12.4 Å². The van der Waals surface area contributed by atoms with Crippen molar-refractivity contribution in [3.8, 4) is 0 Å². The van der Waals surface area contributed by atoms with Crippen LogP contribution in [0.4, 0.5) is 4.39 Å². The smallest absolute Gasteiger partial charge is 0.250 e. The molecule has 0 saturated carbocycles. The molecule has 3 heterocycles. The van der Waals surface area contributed by atoms with Crippen molar-refractivity contribution in [2.24, 2.45) is 11.0 Å². The van der Waals surface area contributed by atoms with Crippen LogP contribution >= 0.6 is 24.0 Å². The van der Waals surface area contributed by atoms with Gasteiger partial charge >= 0.3 is 0 Å². The van der Waals surface area contributed by atoms with Gasteiger partial charge in [0.05, 0.1) is 29.9 Å². The van der Waals surface area contributed by atoms with Crippen LogP contribution in [0.2, 0.25) is 5.02 Å². The lowest BCUT2D eigenvalue weighted by atomic mass is 9.95.